The van der Waals surface area contributed by atoms with Gasteiger partial charge in [0.1, 0.15) is 0 Å². The summed E-state index contributed by atoms with van der Waals surface area (Å²) < 4.78 is 4.86. The summed E-state index contributed by atoms with van der Waals surface area (Å²) in [4.78, 5) is 10.8. The maximum atomic E-state index is 10.8. The summed E-state index contributed by atoms with van der Waals surface area (Å²) in [6, 6.07) is 0. The second kappa shape index (κ2) is 3.92. The minimum Gasteiger partial charge on any atom is -0.465 e. The van der Waals surface area contributed by atoms with Gasteiger partial charge in [-0.3, -0.25) is 0 Å². The number of ether oxygens (including phenoxy) is 1. The van der Waals surface area contributed by atoms with Crippen molar-refractivity contribution in [1.29, 1.82) is 0 Å². The van der Waals surface area contributed by atoms with Crippen molar-refractivity contribution in [3.05, 3.63) is 12.2 Å². The standard InChI is InChI=1S/C7H13ClO2Si/c1-6(2)7(9)10-5-11(3,4)8/h1,5H2,2-4H3. The van der Waals surface area contributed by atoms with Gasteiger partial charge in [0, 0.05) is 5.57 Å². The summed E-state index contributed by atoms with van der Waals surface area (Å²) >= 11 is 5.91. The van der Waals surface area contributed by atoms with E-state index in [9.17, 15) is 4.79 Å². The topological polar surface area (TPSA) is 26.3 Å². The fraction of sp³-hybridized carbons (Fsp3) is 0.571. The van der Waals surface area contributed by atoms with E-state index >= 15 is 0 Å². The summed E-state index contributed by atoms with van der Waals surface area (Å²) in [5.41, 5.74) is 0.417. The molecule has 0 bridgehead atoms. The third-order valence-corrected chi connectivity index (χ3v) is 2.05. The van der Waals surface area contributed by atoms with Crippen LogP contribution in [0.4, 0.5) is 0 Å². The molecule has 0 atom stereocenters. The molecular weight excluding hydrogens is 180 g/mol. The summed E-state index contributed by atoms with van der Waals surface area (Å²) in [5.74, 6) is -0.355. The SMILES string of the molecule is C=C(C)C(=O)OC[Si](C)(C)Cl. The van der Waals surface area contributed by atoms with Gasteiger partial charge in [0.15, 0.2) is 7.38 Å². The first-order valence-electron chi connectivity index (χ1n) is 3.34. The van der Waals surface area contributed by atoms with Gasteiger partial charge < -0.3 is 4.74 Å². The van der Waals surface area contributed by atoms with Crippen molar-refractivity contribution in [2.45, 2.75) is 20.0 Å². The Bertz CT molecular complexity index is 172. The zero-order chi connectivity index (χ0) is 9.07. The largest absolute Gasteiger partial charge is 0.465 e. The summed E-state index contributed by atoms with van der Waals surface area (Å²) in [6.07, 6.45) is 0.347. The molecule has 4 heteroatoms. The Balaban J connectivity index is 3.73. The molecule has 0 aliphatic rings. The second-order valence-electron chi connectivity index (χ2n) is 3.08. The Kier molecular flexibility index (Phi) is 3.82. The van der Waals surface area contributed by atoms with Crippen molar-refractivity contribution in [2.75, 3.05) is 6.23 Å². The van der Waals surface area contributed by atoms with Gasteiger partial charge in [-0.25, -0.2) is 4.79 Å². The van der Waals surface area contributed by atoms with Gasteiger partial charge in [0.25, 0.3) is 0 Å². The Morgan fingerprint density at radius 3 is 2.36 bits per heavy atom. The van der Waals surface area contributed by atoms with Crippen molar-refractivity contribution < 1.29 is 9.53 Å². The number of hydrogen-bond donors (Lipinski definition) is 0. The normalized spacial score (nSPS) is 10.9. The van der Waals surface area contributed by atoms with Crippen molar-refractivity contribution in [3.8, 4) is 0 Å². The van der Waals surface area contributed by atoms with Gasteiger partial charge in [-0.2, -0.15) is 11.1 Å². The Morgan fingerprint density at radius 1 is 1.64 bits per heavy atom. The molecule has 0 aliphatic heterocycles. The number of hydrogen-bond acceptors (Lipinski definition) is 2. The molecule has 2 nitrogen and oxygen atoms in total. The Hall–Kier alpha value is -0.283. The van der Waals surface area contributed by atoms with E-state index in [1.807, 2.05) is 13.1 Å². The maximum absolute atomic E-state index is 10.8. The minimum absolute atomic E-state index is 0.347. The molecule has 0 aromatic carbocycles. The van der Waals surface area contributed by atoms with E-state index in [-0.39, 0.29) is 5.97 Å². The first-order chi connectivity index (χ1) is 4.83. The summed E-state index contributed by atoms with van der Waals surface area (Å²) in [5, 5.41) is 0. The van der Waals surface area contributed by atoms with E-state index in [0.717, 1.165) is 0 Å². The van der Waals surface area contributed by atoms with Crippen molar-refractivity contribution in [2.24, 2.45) is 0 Å². The van der Waals surface area contributed by atoms with E-state index in [0.29, 0.717) is 11.8 Å². The highest BCUT2D eigenvalue weighted by Crippen LogP contribution is 2.08. The number of carbonyl (C=O) groups is 1. The maximum Gasteiger partial charge on any atom is 0.332 e. The average Bonchev–Trinajstić information content (AvgIpc) is 1.80. The predicted molar refractivity (Wildman–Crippen MR) is 49.1 cm³/mol. The quantitative estimate of drug-likeness (QED) is 0.296. The molecule has 11 heavy (non-hydrogen) atoms. The van der Waals surface area contributed by atoms with E-state index in [2.05, 4.69) is 6.58 Å². The van der Waals surface area contributed by atoms with Crippen LogP contribution < -0.4 is 0 Å². The molecule has 0 aliphatic carbocycles. The molecule has 0 N–H and O–H groups in total. The smallest absolute Gasteiger partial charge is 0.332 e. The summed E-state index contributed by atoms with van der Waals surface area (Å²) in [7, 11) is -1.78. The van der Waals surface area contributed by atoms with Crippen LogP contribution in [-0.4, -0.2) is 19.6 Å². The lowest BCUT2D eigenvalue weighted by Crippen LogP contribution is -2.27. The fourth-order valence-electron chi connectivity index (χ4n) is 0.360. The van der Waals surface area contributed by atoms with Gasteiger partial charge >= 0.3 is 5.97 Å². The molecule has 0 radical (unpaired) electrons. The lowest BCUT2D eigenvalue weighted by molar-refractivity contribution is -0.137. The summed E-state index contributed by atoms with van der Waals surface area (Å²) in [6.45, 7) is 8.90. The van der Waals surface area contributed by atoms with Crippen LogP contribution in [0.1, 0.15) is 6.92 Å². The van der Waals surface area contributed by atoms with E-state index in [4.69, 9.17) is 15.8 Å². The van der Waals surface area contributed by atoms with E-state index in [1.165, 1.54) is 0 Å². The van der Waals surface area contributed by atoms with Crippen molar-refractivity contribution >= 4 is 24.4 Å². The lowest BCUT2D eigenvalue weighted by atomic mass is 10.4. The van der Waals surface area contributed by atoms with Crippen LogP contribution in [0.3, 0.4) is 0 Å². The molecule has 0 fully saturated rings. The Morgan fingerprint density at radius 2 is 2.09 bits per heavy atom. The van der Waals surface area contributed by atoms with Crippen molar-refractivity contribution in [1.82, 2.24) is 0 Å². The number of rotatable bonds is 3. The zero-order valence-electron chi connectivity index (χ0n) is 7.11. The Labute approximate surface area is 72.9 Å². The number of halogens is 1. The number of carbonyl (C=O) groups excluding carboxylic acids is 1. The van der Waals surface area contributed by atoms with Gasteiger partial charge in [0.2, 0.25) is 0 Å². The van der Waals surface area contributed by atoms with Crippen molar-refractivity contribution in [3.63, 3.8) is 0 Å². The highest BCUT2D eigenvalue weighted by Gasteiger charge is 2.19. The molecule has 0 saturated carbocycles. The third-order valence-electron chi connectivity index (χ3n) is 0.895. The second-order valence-corrected chi connectivity index (χ2v) is 9.87. The molecule has 0 aromatic rings. The van der Waals surface area contributed by atoms with Gasteiger partial charge in [0.05, 0.1) is 6.23 Å². The van der Waals surface area contributed by atoms with Crippen LogP contribution in [0.5, 0.6) is 0 Å². The molecule has 0 amide bonds. The van der Waals surface area contributed by atoms with Crippen LogP contribution in [0.2, 0.25) is 13.1 Å². The fourth-order valence-corrected chi connectivity index (χ4v) is 0.998. The molecule has 0 spiro atoms. The average molecular weight is 193 g/mol. The van der Waals surface area contributed by atoms with E-state index < -0.39 is 7.38 Å². The minimum atomic E-state index is -1.78. The van der Waals surface area contributed by atoms with E-state index in [1.54, 1.807) is 6.92 Å². The first-order valence-corrected chi connectivity index (χ1v) is 7.56. The molecule has 0 saturated heterocycles. The van der Waals surface area contributed by atoms with Crippen LogP contribution in [0.25, 0.3) is 0 Å². The highest BCUT2D eigenvalue weighted by molar-refractivity contribution is 7.19. The molecule has 64 valence electrons. The van der Waals surface area contributed by atoms with Gasteiger partial charge in [-0.15, -0.1) is 0 Å². The highest BCUT2D eigenvalue weighted by atomic mass is 35.6. The molecule has 0 aromatic heterocycles. The van der Waals surface area contributed by atoms with Gasteiger partial charge in [-0.1, -0.05) is 19.7 Å². The van der Waals surface area contributed by atoms with Crippen LogP contribution in [-0.2, 0) is 9.53 Å². The zero-order valence-corrected chi connectivity index (χ0v) is 8.86. The van der Waals surface area contributed by atoms with Crippen LogP contribution in [0.15, 0.2) is 12.2 Å². The third kappa shape index (κ3) is 6.13. The molecule has 0 rings (SSSR count). The van der Waals surface area contributed by atoms with Gasteiger partial charge in [-0.05, 0) is 6.92 Å². The predicted octanol–water partition coefficient (Wildman–Crippen LogP) is 2.09. The van der Waals surface area contributed by atoms with Crippen LogP contribution in [0, 0.1) is 0 Å². The molecular formula is C7H13ClO2Si. The van der Waals surface area contributed by atoms with Crippen LogP contribution >= 0.6 is 11.1 Å². The molecule has 0 heterocycles. The molecule has 0 unspecified atom stereocenters. The lowest BCUT2D eigenvalue weighted by Gasteiger charge is -2.12. The monoisotopic (exact) mass is 192 g/mol. The first kappa shape index (κ1) is 10.7. The number of esters is 1.